The second-order valence-corrected chi connectivity index (χ2v) is 13.1. The lowest BCUT2D eigenvalue weighted by Gasteiger charge is -2.62. The van der Waals surface area contributed by atoms with E-state index in [1.165, 1.54) is 37.7 Å². The molecular weight excluding hydrogens is 384 g/mol. The Bertz CT molecular complexity index is 700. The summed E-state index contributed by atoms with van der Waals surface area (Å²) in [5.41, 5.74) is 1.81. The SMILES string of the molecule is CC(C)CCCC(C)C1CCC2(C)C3CC(O)C4CC(O)C(O)CC4(C)C3=CCC12C. The Morgan fingerprint density at radius 2 is 1.65 bits per heavy atom. The van der Waals surface area contributed by atoms with Crippen molar-refractivity contribution in [3.05, 3.63) is 11.6 Å². The first kappa shape index (κ1) is 23.8. The van der Waals surface area contributed by atoms with Crippen molar-refractivity contribution in [2.45, 2.75) is 118 Å². The van der Waals surface area contributed by atoms with Crippen LogP contribution in [0.2, 0.25) is 0 Å². The van der Waals surface area contributed by atoms with E-state index in [1.807, 2.05) is 0 Å². The van der Waals surface area contributed by atoms with Gasteiger partial charge in [-0.05, 0) is 84.4 Å². The Morgan fingerprint density at radius 1 is 0.935 bits per heavy atom. The summed E-state index contributed by atoms with van der Waals surface area (Å²) in [6.07, 6.45) is 10.4. The van der Waals surface area contributed by atoms with Crippen LogP contribution < -0.4 is 0 Å². The second-order valence-electron chi connectivity index (χ2n) is 13.1. The highest BCUT2D eigenvalue weighted by molar-refractivity contribution is 5.33. The Kier molecular flexibility index (Phi) is 6.24. The summed E-state index contributed by atoms with van der Waals surface area (Å²) in [5, 5.41) is 32.1. The molecule has 31 heavy (non-hydrogen) atoms. The van der Waals surface area contributed by atoms with Crippen LogP contribution in [0, 0.1) is 45.8 Å². The first-order chi connectivity index (χ1) is 14.4. The summed E-state index contributed by atoms with van der Waals surface area (Å²) in [4.78, 5) is 0. The monoisotopic (exact) mass is 432 g/mol. The smallest absolute Gasteiger partial charge is 0.0807 e. The fraction of sp³-hybridized carbons (Fsp3) is 0.929. The molecule has 0 aromatic rings. The molecule has 4 rings (SSSR count). The Morgan fingerprint density at radius 3 is 2.32 bits per heavy atom. The van der Waals surface area contributed by atoms with Gasteiger partial charge < -0.3 is 15.3 Å². The number of aliphatic hydroxyl groups excluding tert-OH is 3. The molecule has 0 saturated heterocycles. The van der Waals surface area contributed by atoms with Crippen LogP contribution >= 0.6 is 0 Å². The molecule has 0 aliphatic heterocycles. The van der Waals surface area contributed by atoms with Crippen molar-refractivity contribution in [2.75, 3.05) is 0 Å². The summed E-state index contributed by atoms with van der Waals surface area (Å²) >= 11 is 0. The zero-order valence-electron chi connectivity index (χ0n) is 20.9. The molecule has 3 nitrogen and oxygen atoms in total. The van der Waals surface area contributed by atoms with E-state index in [-0.39, 0.29) is 28.3 Å². The normalized spacial score (nSPS) is 50.5. The van der Waals surface area contributed by atoms with Crippen molar-refractivity contribution < 1.29 is 15.3 Å². The van der Waals surface area contributed by atoms with Crippen LogP contribution in [-0.2, 0) is 0 Å². The Balaban J connectivity index is 1.62. The lowest BCUT2D eigenvalue weighted by atomic mass is 9.43. The third-order valence-electron chi connectivity index (χ3n) is 11.1. The van der Waals surface area contributed by atoms with Gasteiger partial charge in [-0.1, -0.05) is 72.5 Å². The van der Waals surface area contributed by atoms with Crippen molar-refractivity contribution in [3.8, 4) is 0 Å². The van der Waals surface area contributed by atoms with Gasteiger partial charge in [-0.2, -0.15) is 0 Å². The summed E-state index contributed by atoms with van der Waals surface area (Å²) in [7, 11) is 0. The second kappa shape index (κ2) is 8.13. The minimum Gasteiger partial charge on any atom is -0.393 e. The van der Waals surface area contributed by atoms with E-state index in [1.54, 1.807) is 0 Å². The molecule has 10 unspecified atom stereocenters. The summed E-state index contributed by atoms with van der Waals surface area (Å²) in [6.45, 7) is 14.5. The van der Waals surface area contributed by atoms with Crippen LogP contribution in [0.4, 0.5) is 0 Å². The third kappa shape index (κ3) is 3.56. The van der Waals surface area contributed by atoms with E-state index in [9.17, 15) is 15.3 Å². The first-order valence-corrected chi connectivity index (χ1v) is 13.2. The fourth-order valence-corrected chi connectivity index (χ4v) is 8.95. The molecule has 0 aromatic heterocycles. The highest BCUT2D eigenvalue weighted by Gasteiger charge is 2.65. The maximum Gasteiger partial charge on any atom is 0.0807 e. The van der Waals surface area contributed by atoms with Crippen molar-refractivity contribution in [1.29, 1.82) is 0 Å². The zero-order valence-corrected chi connectivity index (χ0v) is 20.9. The highest BCUT2D eigenvalue weighted by atomic mass is 16.3. The molecule has 0 radical (unpaired) electrons. The minimum atomic E-state index is -0.697. The average molecular weight is 433 g/mol. The molecule has 10 atom stereocenters. The van der Waals surface area contributed by atoms with Gasteiger partial charge in [-0.3, -0.25) is 0 Å². The number of allylic oxidation sites excluding steroid dienone is 2. The lowest BCUT2D eigenvalue weighted by molar-refractivity contribution is -0.138. The van der Waals surface area contributed by atoms with Crippen LogP contribution in [0.5, 0.6) is 0 Å². The molecular formula is C28H48O3. The van der Waals surface area contributed by atoms with Gasteiger partial charge in [0.1, 0.15) is 0 Å². The quantitative estimate of drug-likeness (QED) is 0.487. The molecule has 0 spiro atoms. The highest BCUT2D eigenvalue weighted by Crippen LogP contribution is 2.71. The van der Waals surface area contributed by atoms with Crippen LogP contribution in [0.15, 0.2) is 11.6 Å². The van der Waals surface area contributed by atoms with Crippen LogP contribution in [0.3, 0.4) is 0 Å². The first-order valence-electron chi connectivity index (χ1n) is 13.2. The molecule has 3 saturated carbocycles. The van der Waals surface area contributed by atoms with Crippen LogP contribution in [0.1, 0.15) is 99.3 Å². The minimum absolute atomic E-state index is 0.0634. The largest absolute Gasteiger partial charge is 0.393 e. The molecule has 0 aromatic carbocycles. The number of aliphatic hydroxyl groups is 3. The fourth-order valence-electron chi connectivity index (χ4n) is 8.95. The molecule has 3 N–H and O–H groups in total. The van der Waals surface area contributed by atoms with Gasteiger partial charge in [-0.15, -0.1) is 0 Å². The van der Waals surface area contributed by atoms with Gasteiger partial charge in [0, 0.05) is 0 Å². The predicted octanol–water partition coefficient (Wildman–Crippen LogP) is 5.72. The van der Waals surface area contributed by atoms with Gasteiger partial charge >= 0.3 is 0 Å². The number of hydrogen-bond donors (Lipinski definition) is 3. The molecule has 3 fully saturated rings. The molecule has 0 heterocycles. The maximum atomic E-state index is 11.3. The topological polar surface area (TPSA) is 60.7 Å². The van der Waals surface area contributed by atoms with Crippen molar-refractivity contribution in [3.63, 3.8) is 0 Å². The number of rotatable bonds is 5. The van der Waals surface area contributed by atoms with Gasteiger partial charge in [0.15, 0.2) is 0 Å². The summed E-state index contributed by atoms with van der Waals surface area (Å²) in [5.74, 6) is 2.76. The van der Waals surface area contributed by atoms with Gasteiger partial charge in [0.2, 0.25) is 0 Å². The van der Waals surface area contributed by atoms with E-state index in [4.69, 9.17) is 0 Å². The van der Waals surface area contributed by atoms with Crippen molar-refractivity contribution in [1.82, 2.24) is 0 Å². The van der Waals surface area contributed by atoms with E-state index >= 15 is 0 Å². The summed E-state index contributed by atoms with van der Waals surface area (Å²) < 4.78 is 0. The van der Waals surface area contributed by atoms with Crippen LogP contribution in [0.25, 0.3) is 0 Å². The third-order valence-corrected chi connectivity index (χ3v) is 11.1. The standard InChI is InChI=1S/C28H48O3/c1-17(2)8-7-9-18(3)19-10-12-28(6)21-14-23(29)22-15-24(30)25(31)16-26(22,4)20(21)11-13-27(19,28)5/h11,17-19,21-25,29-31H,7-10,12-16H2,1-6H3. The predicted molar refractivity (Wildman–Crippen MR) is 126 cm³/mol. The van der Waals surface area contributed by atoms with Gasteiger partial charge in [0.05, 0.1) is 18.3 Å². The summed E-state index contributed by atoms with van der Waals surface area (Å²) in [6, 6.07) is 0. The average Bonchev–Trinajstić information content (AvgIpc) is 2.96. The van der Waals surface area contributed by atoms with E-state index in [2.05, 4.69) is 47.6 Å². The van der Waals surface area contributed by atoms with Gasteiger partial charge in [-0.25, -0.2) is 0 Å². The van der Waals surface area contributed by atoms with E-state index in [0.717, 1.165) is 30.6 Å². The molecule has 0 amide bonds. The molecule has 4 aliphatic rings. The lowest BCUT2D eigenvalue weighted by Crippen LogP contribution is -2.59. The maximum absolute atomic E-state index is 11.3. The molecule has 0 bridgehead atoms. The molecule has 178 valence electrons. The Hall–Kier alpha value is -0.380. The van der Waals surface area contributed by atoms with Gasteiger partial charge in [0.25, 0.3) is 0 Å². The van der Waals surface area contributed by atoms with Crippen molar-refractivity contribution in [2.24, 2.45) is 45.8 Å². The number of hydrogen-bond acceptors (Lipinski definition) is 3. The van der Waals surface area contributed by atoms with E-state index < -0.39 is 12.2 Å². The van der Waals surface area contributed by atoms with Crippen molar-refractivity contribution >= 4 is 0 Å². The molecule has 4 aliphatic carbocycles. The number of fused-ring (bicyclic) bond motifs is 5. The van der Waals surface area contributed by atoms with Crippen LogP contribution in [-0.4, -0.2) is 33.6 Å². The zero-order chi connectivity index (χ0) is 22.8. The molecule has 3 heteroatoms. The Labute approximate surface area is 190 Å². The van der Waals surface area contributed by atoms with E-state index in [0.29, 0.717) is 18.8 Å².